The van der Waals surface area contributed by atoms with Crippen molar-refractivity contribution in [1.82, 2.24) is 4.98 Å². The molecule has 76 valence electrons. The summed E-state index contributed by atoms with van der Waals surface area (Å²) in [7, 11) is 0. The van der Waals surface area contributed by atoms with E-state index in [9.17, 15) is 0 Å². The highest BCUT2D eigenvalue weighted by molar-refractivity contribution is 9.10. The first-order valence-corrected chi connectivity index (χ1v) is 5.91. The summed E-state index contributed by atoms with van der Waals surface area (Å²) in [6.07, 6.45) is 6.00. The zero-order chi connectivity index (χ0) is 9.97. The maximum Gasteiger partial charge on any atom is 0.128 e. The monoisotopic (exact) mass is 254 g/mol. The SMILES string of the molecule is Cc1cc(Br)cnc1NCC1CCC1. The van der Waals surface area contributed by atoms with Crippen LogP contribution in [0.5, 0.6) is 0 Å². The van der Waals surface area contributed by atoms with Crippen molar-refractivity contribution in [2.24, 2.45) is 5.92 Å². The van der Waals surface area contributed by atoms with Gasteiger partial charge in [0.2, 0.25) is 0 Å². The molecule has 1 aromatic heterocycles. The quantitative estimate of drug-likeness (QED) is 0.895. The normalized spacial score (nSPS) is 16.4. The molecule has 0 aromatic carbocycles. The second-order valence-corrected chi connectivity index (χ2v) is 4.91. The molecule has 14 heavy (non-hydrogen) atoms. The summed E-state index contributed by atoms with van der Waals surface area (Å²) < 4.78 is 1.05. The van der Waals surface area contributed by atoms with Crippen LogP contribution in [0.3, 0.4) is 0 Å². The molecule has 1 aliphatic carbocycles. The van der Waals surface area contributed by atoms with Gasteiger partial charge >= 0.3 is 0 Å². The van der Waals surface area contributed by atoms with Gasteiger partial charge in [-0.1, -0.05) is 6.42 Å². The Hall–Kier alpha value is -0.570. The van der Waals surface area contributed by atoms with Crippen molar-refractivity contribution in [3.8, 4) is 0 Å². The second kappa shape index (κ2) is 4.30. The maximum absolute atomic E-state index is 4.35. The topological polar surface area (TPSA) is 24.9 Å². The van der Waals surface area contributed by atoms with E-state index in [0.717, 1.165) is 22.8 Å². The first-order chi connectivity index (χ1) is 6.75. The summed E-state index contributed by atoms with van der Waals surface area (Å²) in [6.45, 7) is 3.16. The van der Waals surface area contributed by atoms with Gasteiger partial charge in [0, 0.05) is 17.2 Å². The summed E-state index contributed by atoms with van der Waals surface area (Å²) in [5, 5.41) is 3.41. The summed E-state index contributed by atoms with van der Waals surface area (Å²) in [4.78, 5) is 4.35. The Morgan fingerprint density at radius 3 is 2.93 bits per heavy atom. The van der Waals surface area contributed by atoms with Crippen LogP contribution in [0.4, 0.5) is 5.82 Å². The van der Waals surface area contributed by atoms with Gasteiger partial charge < -0.3 is 5.32 Å². The first-order valence-electron chi connectivity index (χ1n) is 5.12. The molecule has 1 fully saturated rings. The van der Waals surface area contributed by atoms with Gasteiger partial charge in [-0.05, 0) is 53.2 Å². The minimum atomic E-state index is 0.875. The average molecular weight is 255 g/mol. The van der Waals surface area contributed by atoms with E-state index in [1.807, 2.05) is 6.20 Å². The van der Waals surface area contributed by atoms with Crippen LogP contribution in [0.1, 0.15) is 24.8 Å². The van der Waals surface area contributed by atoms with Crippen molar-refractivity contribution in [2.45, 2.75) is 26.2 Å². The standard InChI is InChI=1S/C11H15BrN2/c1-8-5-10(12)7-14-11(8)13-6-9-3-2-4-9/h5,7,9H,2-4,6H2,1H3,(H,13,14). The highest BCUT2D eigenvalue weighted by Gasteiger charge is 2.17. The van der Waals surface area contributed by atoms with E-state index >= 15 is 0 Å². The molecule has 1 aliphatic rings. The number of anilines is 1. The fraction of sp³-hybridized carbons (Fsp3) is 0.545. The van der Waals surface area contributed by atoms with Gasteiger partial charge in [-0.3, -0.25) is 0 Å². The highest BCUT2D eigenvalue weighted by atomic mass is 79.9. The van der Waals surface area contributed by atoms with Crippen molar-refractivity contribution in [3.63, 3.8) is 0 Å². The molecule has 0 unspecified atom stereocenters. The summed E-state index contributed by atoms with van der Waals surface area (Å²) in [5.41, 5.74) is 1.21. The Morgan fingerprint density at radius 1 is 1.57 bits per heavy atom. The third-order valence-corrected chi connectivity index (χ3v) is 3.26. The van der Waals surface area contributed by atoms with Crippen LogP contribution >= 0.6 is 15.9 Å². The lowest BCUT2D eigenvalue weighted by atomic mass is 9.85. The average Bonchev–Trinajstić information content (AvgIpc) is 2.05. The van der Waals surface area contributed by atoms with E-state index in [1.54, 1.807) is 0 Å². The smallest absolute Gasteiger partial charge is 0.128 e. The Morgan fingerprint density at radius 2 is 2.36 bits per heavy atom. The van der Waals surface area contributed by atoms with Gasteiger partial charge in [0.25, 0.3) is 0 Å². The van der Waals surface area contributed by atoms with Crippen molar-refractivity contribution < 1.29 is 0 Å². The van der Waals surface area contributed by atoms with Crippen molar-refractivity contribution in [1.29, 1.82) is 0 Å². The Kier molecular flexibility index (Phi) is 3.06. The molecule has 0 spiro atoms. The molecule has 0 atom stereocenters. The minimum absolute atomic E-state index is 0.875. The molecule has 0 amide bonds. The Bertz CT molecular complexity index is 321. The molecule has 1 heterocycles. The van der Waals surface area contributed by atoms with E-state index in [2.05, 4.69) is 39.2 Å². The van der Waals surface area contributed by atoms with Gasteiger partial charge in [0.15, 0.2) is 0 Å². The first kappa shape index (κ1) is 9.97. The Balaban J connectivity index is 1.94. The predicted octanol–water partition coefficient (Wildman–Crippen LogP) is 3.36. The van der Waals surface area contributed by atoms with Crippen LogP contribution in [0.15, 0.2) is 16.7 Å². The van der Waals surface area contributed by atoms with Crippen LogP contribution in [0, 0.1) is 12.8 Å². The number of hydrogen-bond acceptors (Lipinski definition) is 2. The van der Waals surface area contributed by atoms with Crippen molar-refractivity contribution in [3.05, 3.63) is 22.3 Å². The van der Waals surface area contributed by atoms with Gasteiger partial charge in [-0.2, -0.15) is 0 Å². The number of halogens is 1. The summed E-state index contributed by atoms with van der Waals surface area (Å²) in [5.74, 6) is 1.90. The second-order valence-electron chi connectivity index (χ2n) is 4.00. The lowest BCUT2D eigenvalue weighted by Gasteiger charge is -2.25. The van der Waals surface area contributed by atoms with Gasteiger partial charge in [0.1, 0.15) is 5.82 Å². The van der Waals surface area contributed by atoms with E-state index in [1.165, 1.54) is 24.8 Å². The van der Waals surface area contributed by atoms with Crippen LogP contribution in [-0.4, -0.2) is 11.5 Å². The molecular formula is C11H15BrN2. The maximum atomic E-state index is 4.35. The number of pyridine rings is 1. The van der Waals surface area contributed by atoms with E-state index in [4.69, 9.17) is 0 Å². The molecule has 2 nitrogen and oxygen atoms in total. The molecule has 1 saturated carbocycles. The van der Waals surface area contributed by atoms with Crippen molar-refractivity contribution in [2.75, 3.05) is 11.9 Å². The molecule has 0 aliphatic heterocycles. The molecule has 0 saturated heterocycles. The lowest BCUT2D eigenvalue weighted by Crippen LogP contribution is -2.21. The molecule has 0 bridgehead atoms. The number of aryl methyl sites for hydroxylation is 1. The van der Waals surface area contributed by atoms with E-state index in [0.29, 0.717) is 0 Å². The minimum Gasteiger partial charge on any atom is -0.370 e. The molecular weight excluding hydrogens is 240 g/mol. The molecule has 3 heteroatoms. The van der Waals surface area contributed by atoms with Gasteiger partial charge in [-0.15, -0.1) is 0 Å². The van der Waals surface area contributed by atoms with Crippen molar-refractivity contribution >= 4 is 21.7 Å². The Labute approximate surface area is 93.3 Å². The third-order valence-electron chi connectivity index (χ3n) is 2.83. The van der Waals surface area contributed by atoms with E-state index in [-0.39, 0.29) is 0 Å². The van der Waals surface area contributed by atoms with Crippen LogP contribution in [0.2, 0.25) is 0 Å². The summed E-state index contributed by atoms with van der Waals surface area (Å²) >= 11 is 3.41. The zero-order valence-corrected chi connectivity index (χ0v) is 9.97. The molecule has 2 rings (SSSR count). The van der Waals surface area contributed by atoms with Gasteiger partial charge in [-0.25, -0.2) is 4.98 Å². The van der Waals surface area contributed by atoms with Crippen LogP contribution < -0.4 is 5.32 Å². The lowest BCUT2D eigenvalue weighted by molar-refractivity contribution is 0.333. The van der Waals surface area contributed by atoms with Gasteiger partial charge in [0.05, 0.1) is 0 Å². The van der Waals surface area contributed by atoms with E-state index < -0.39 is 0 Å². The van der Waals surface area contributed by atoms with Crippen LogP contribution in [0.25, 0.3) is 0 Å². The number of nitrogens with zero attached hydrogens (tertiary/aromatic N) is 1. The molecule has 1 N–H and O–H groups in total. The fourth-order valence-electron chi connectivity index (χ4n) is 1.66. The predicted molar refractivity (Wildman–Crippen MR) is 62.5 cm³/mol. The van der Waals surface area contributed by atoms with Crippen LogP contribution in [-0.2, 0) is 0 Å². The molecule has 0 radical (unpaired) electrons. The number of aromatic nitrogens is 1. The number of rotatable bonds is 3. The highest BCUT2D eigenvalue weighted by Crippen LogP contribution is 2.26. The zero-order valence-electron chi connectivity index (χ0n) is 8.39. The number of hydrogen-bond donors (Lipinski definition) is 1. The fourth-order valence-corrected chi connectivity index (χ4v) is 2.11. The largest absolute Gasteiger partial charge is 0.370 e. The summed E-state index contributed by atoms with van der Waals surface area (Å²) in [6, 6.07) is 2.09. The molecule has 1 aromatic rings. The number of nitrogens with one attached hydrogen (secondary N) is 1. The third kappa shape index (κ3) is 2.27.